The minimum absolute atomic E-state index is 0.0934. The highest BCUT2D eigenvalue weighted by Gasteiger charge is 2.28. The van der Waals surface area contributed by atoms with Crippen molar-refractivity contribution in [3.8, 4) is 17.0 Å². The average molecular weight is 547 g/mol. The Morgan fingerprint density at radius 3 is 2.53 bits per heavy atom. The molecule has 0 saturated heterocycles. The van der Waals surface area contributed by atoms with Crippen LogP contribution in [0.5, 0.6) is 5.75 Å². The minimum atomic E-state index is -3.96. The van der Waals surface area contributed by atoms with Crippen molar-refractivity contribution in [3.05, 3.63) is 95.5 Å². The number of nitrogens with zero attached hydrogens (tertiary/aromatic N) is 1. The van der Waals surface area contributed by atoms with Crippen LogP contribution < -0.4 is 14.8 Å². The molecule has 2 aromatic heterocycles. The van der Waals surface area contributed by atoms with Gasteiger partial charge in [0.05, 0.1) is 17.7 Å². The Hall–Kier alpha value is -3.99. The summed E-state index contributed by atoms with van der Waals surface area (Å²) in [6.45, 7) is 1.88. The van der Waals surface area contributed by atoms with E-state index in [2.05, 4.69) is 20.0 Å². The summed E-state index contributed by atoms with van der Waals surface area (Å²) in [4.78, 5) is 21.3. The number of amides is 1. The van der Waals surface area contributed by atoms with Gasteiger partial charge in [-0.2, -0.15) is 4.72 Å². The first-order valence-corrected chi connectivity index (χ1v) is 14.2. The van der Waals surface area contributed by atoms with Crippen LogP contribution in [0.2, 0.25) is 0 Å². The molecule has 5 rings (SSSR count). The maximum atomic E-state index is 13.5. The first-order chi connectivity index (χ1) is 18.3. The SMILES string of the molecule is COc1ccc(-c2csc(NC(=O)[C@H](Cc3c[nH]c4ccccc34)NS(=O)(=O)c3ccc(C)cc3)n2)cc1. The van der Waals surface area contributed by atoms with Crippen LogP contribution in [0, 0.1) is 6.92 Å². The molecule has 0 aliphatic carbocycles. The van der Waals surface area contributed by atoms with Crippen LogP contribution in [-0.4, -0.2) is 37.4 Å². The van der Waals surface area contributed by atoms with Gasteiger partial charge in [-0.05, 0) is 61.4 Å². The number of H-pyrrole nitrogens is 1. The van der Waals surface area contributed by atoms with Crippen molar-refractivity contribution >= 4 is 43.3 Å². The van der Waals surface area contributed by atoms with E-state index in [0.29, 0.717) is 10.8 Å². The van der Waals surface area contributed by atoms with E-state index in [1.807, 2.05) is 60.8 Å². The topological polar surface area (TPSA) is 113 Å². The molecule has 1 atom stereocenters. The molecule has 5 aromatic rings. The lowest BCUT2D eigenvalue weighted by molar-refractivity contribution is -0.117. The second-order valence-electron chi connectivity index (χ2n) is 8.81. The number of ether oxygens (including phenoxy) is 1. The summed E-state index contributed by atoms with van der Waals surface area (Å²) in [5.74, 6) is 0.236. The standard InChI is InChI=1S/C28H26N4O4S2/c1-18-7-13-22(14-8-18)38(34,35)32-25(15-20-16-29-24-6-4-3-5-23(20)24)27(33)31-28-30-26(17-37-28)19-9-11-21(36-2)12-10-19/h3-14,16-17,25,29,32H,15H2,1-2H3,(H,30,31,33)/t25-/m0/s1. The number of benzene rings is 3. The monoisotopic (exact) mass is 546 g/mol. The number of aryl methyl sites for hydroxylation is 1. The molecule has 0 saturated carbocycles. The van der Waals surface area contributed by atoms with E-state index in [9.17, 15) is 13.2 Å². The van der Waals surface area contributed by atoms with E-state index in [1.54, 1.807) is 25.4 Å². The van der Waals surface area contributed by atoms with Crippen molar-refractivity contribution in [2.45, 2.75) is 24.3 Å². The lowest BCUT2D eigenvalue weighted by Gasteiger charge is -2.18. The van der Waals surface area contributed by atoms with Crippen molar-refractivity contribution in [1.82, 2.24) is 14.7 Å². The maximum Gasteiger partial charge on any atom is 0.244 e. The summed E-state index contributed by atoms with van der Waals surface area (Å²) in [6, 6.07) is 20.6. The molecule has 0 radical (unpaired) electrons. The smallest absolute Gasteiger partial charge is 0.244 e. The average Bonchev–Trinajstić information content (AvgIpc) is 3.56. The highest BCUT2D eigenvalue weighted by atomic mass is 32.2. The Bertz CT molecular complexity index is 1670. The Morgan fingerprint density at radius 1 is 1.05 bits per heavy atom. The molecule has 10 heteroatoms. The highest BCUT2D eigenvalue weighted by molar-refractivity contribution is 7.89. The number of aromatic amines is 1. The van der Waals surface area contributed by atoms with Gasteiger partial charge >= 0.3 is 0 Å². The van der Waals surface area contributed by atoms with Crippen LogP contribution in [0.15, 0.2) is 89.3 Å². The Kier molecular flexibility index (Phi) is 7.28. The summed E-state index contributed by atoms with van der Waals surface area (Å²) in [6.07, 6.45) is 1.95. The number of rotatable bonds is 9. The number of thiazole rings is 1. The van der Waals surface area contributed by atoms with Crippen molar-refractivity contribution in [2.75, 3.05) is 12.4 Å². The molecule has 0 aliphatic heterocycles. The number of methoxy groups -OCH3 is 1. The molecule has 0 fully saturated rings. The zero-order valence-corrected chi connectivity index (χ0v) is 22.4. The van der Waals surface area contributed by atoms with Gasteiger partial charge in [-0.1, -0.05) is 35.9 Å². The van der Waals surface area contributed by atoms with Crippen LogP contribution in [0.25, 0.3) is 22.2 Å². The number of fused-ring (bicyclic) bond motifs is 1. The number of carbonyl (C=O) groups excluding carboxylic acids is 1. The first-order valence-electron chi connectivity index (χ1n) is 11.9. The van der Waals surface area contributed by atoms with Crippen molar-refractivity contribution in [2.24, 2.45) is 0 Å². The first kappa shape index (κ1) is 25.7. The number of para-hydroxylation sites is 1. The van der Waals surface area contributed by atoms with Crippen molar-refractivity contribution in [3.63, 3.8) is 0 Å². The molecule has 0 aliphatic rings. The van der Waals surface area contributed by atoms with Gasteiger partial charge in [-0.15, -0.1) is 11.3 Å². The Balaban J connectivity index is 1.40. The van der Waals surface area contributed by atoms with Crippen LogP contribution in [0.3, 0.4) is 0 Å². The molecule has 2 heterocycles. The van der Waals surface area contributed by atoms with Crippen LogP contribution in [0.4, 0.5) is 5.13 Å². The van der Waals surface area contributed by atoms with Gasteiger partial charge in [-0.3, -0.25) is 4.79 Å². The molecule has 0 unspecified atom stereocenters. The molecule has 3 aromatic carbocycles. The highest BCUT2D eigenvalue weighted by Crippen LogP contribution is 2.27. The van der Waals surface area contributed by atoms with E-state index in [0.717, 1.165) is 33.3 Å². The largest absolute Gasteiger partial charge is 0.497 e. The summed E-state index contributed by atoms with van der Waals surface area (Å²) < 4.78 is 34.3. The lowest BCUT2D eigenvalue weighted by Crippen LogP contribution is -2.45. The third-order valence-electron chi connectivity index (χ3n) is 6.16. The third kappa shape index (κ3) is 5.62. The summed E-state index contributed by atoms with van der Waals surface area (Å²) >= 11 is 1.27. The van der Waals surface area contributed by atoms with Crippen LogP contribution in [0.1, 0.15) is 11.1 Å². The summed E-state index contributed by atoms with van der Waals surface area (Å²) in [5.41, 5.74) is 4.24. The third-order valence-corrected chi connectivity index (χ3v) is 8.41. The predicted octanol–water partition coefficient (Wildman–Crippen LogP) is 5.14. The number of aromatic nitrogens is 2. The number of anilines is 1. The van der Waals surface area contributed by atoms with Gasteiger partial charge < -0.3 is 15.0 Å². The quantitative estimate of drug-likeness (QED) is 0.237. The van der Waals surface area contributed by atoms with Gasteiger partial charge in [0.25, 0.3) is 0 Å². The van der Waals surface area contributed by atoms with E-state index < -0.39 is 22.0 Å². The fraction of sp³-hybridized carbons (Fsp3) is 0.143. The zero-order valence-electron chi connectivity index (χ0n) is 20.8. The lowest BCUT2D eigenvalue weighted by atomic mass is 10.1. The fourth-order valence-electron chi connectivity index (χ4n) is 4.10. The van der Waals surface area contributed by atoms with Crippen molar-refractivity contribution in [1.29, 1.82) is 0 Å². The van der Waals surface area contributed by atoms with Gasteiger partial charge in [-0.25, -0.2) is 13.4 Å². The van der Waals surface area contributed by atoms with E-state index in [-0.39, 0.29) is 11.3 Å². The molecule has 194 valence electrons. The summed E-state index contributed by atoms with van der Waals surface area (Å²) in [7, 11) is -2.36. The maximum absolute atomic E-state index is 13.5. The molecule has 0 spiro atoms. The Morgan fingerprint density at radius 2 is 1.79 bits per heavy atom. The number of hydrogen-bond donors (Lipinski definition) is 3. The van der Waals surface area contributed by atoms with E-state index in [1.165, 1.54) is 23.5 Å². The zero-order chi connectivity index (χ0) is 26.7. The molecule has 1 amide bonds. The van der Waals surface area contributed by atoms with E-state index >= 15 is 0 Å². The number of nitrogens with one attached hydrogen (secondary N) is 3. The molecule has 0 bridgehead atoms. The normalized spacial score (nSPS) is 12.4. The number of carbonyl (C=O) groups is 1. The van der Waals surface area contributed by atoms with Crippen LogP contribution >= 0.6 is 11.3 Å². The number of sulfonamides is 1. The van der Waals surface area contributed by atoms with Gasteiger partial charge in [0.15, 0.2) is 5.13 Å². The minimum Gasteiger partial charge on any atom is -0.497 e. The van der Waals surface area contributed by atoms with Gasteiger partial charge in [0.2, 0.25) is 15.9 Å². The Labute approximate surface area is 224 Å². The molecule has 3 N–H and O–H groups in total. The van der Waals surface area contributed by atoms with Crippen LogP contribution in [-0.2, 0) is 21.2 Å². The summed E-state index contributed by atoms with van der Waals surface area (Å²) in [5, 5.41) is 5.94. The van der Waals surface area contributed by atoms with Gasteiger partial charge in [0.1, 0.15) is 11.8 Å². The second kappa shape index (κ2) is 10.8. The van der Waals surface area contributed by atoms with Gasteiger partial charge in [0, 0.05) is 28.0 Å². The molecular weight excluding hydrogens is 520 g/mol. The second-order valence-corrected chi connectivity index (χ2v) is 11.4. The number of hydrogen-bond acceptors (Lipinski definition) is 6. The van der Waals surface area contributed by atoms with Crippen molar-refractivity contribution < 1.29 is 17.9 Å². The van der Waals surface area contributed by atoms with E-state index in [4.69, 9.17) is 4.74 Å². The molecule has 38 heavy (non-hydrogen) atoms. The predicted molar refractivity (Wildman–Crippen MR) is 150 cm³/mol. The molecule has 8 nitrogen and oxygen atoms in total. The fourth-order valence-corrected chi connectivity index (χ4v) is 6.02. The molecular formula is C28H26N4O4S2.